The van der Waals surface area contributed by atoms with E-state index in [9.17, 15) is 5.11 Å². The summed E-state index contributed by atoms with van der Waals surface area (Å²) in [5.41, 5.74) is 4.16. The zero-order valence-electron chi connectivity index (χ0n) is 8.23. The van der Waals surface area contributed by atoms with Gasteiger partial charge in [0.05, 0.1) is 11.7 Å². The van der Waals surface area contributed by atoms with E-state index in [4.69, 9.17) is 5.84 Å². The molecule has 1 aromatic carbocycles. The van der Waals surface area contributed by atoms with Gasteiger partial charge in [0.2, 0.25) is 0 Å². The number of H-pyrrole nitrogens is 1. The standard InChI is InChI=1S/C10H9N5O/c11-14-10-9-7(4-12-15-10)6-3-5(16)1-2-8(6)13-9/h1-4,13,16H,11H2,(H,14,15). The number of nitrogens with zero attached hydrogens (tertiary/aromatic N) is 2. The summed E-state index contributed by atoms with van der Waals surface area (Å²) in [6.45, 7) is 0. The minimum absolute atomic E-state index is 0.215. The maximum atomic E-state index is 9.44. The van der Waals surface area contributed by atoms with Crippen molar-refractivity contribution in [1.82, 2.24) is 15.2 Å². The van der Waals surface area contributed by atoms with Crippen LogP contribution in [0.15, 0.2) is 24.4 Å². The molecule has 6 heteroatoms. The number of hydrazine groups is 1. The van der Waals surface area contributed by atoms with Gasteiger partial charge in [-0.1, -0.05) is 0 Å². The van der Waals surface area contributed by atoms with E-state index in [2.05, 4.69) is 20.6 Å². The molecule has 0 bridgehead atoms. The molecule has 0 saturated carbocycles. The van der Waals surface area contributed by atoms with E-state index in [-0.39, 0.29) is 5.75 Å². The predicted octanol–water partition coefficient (Wildman–Crippen LogP) is 1.10. The van der Waals surface area contributed by atoms with Gasteiger partial charge in [0.15, 0.2) is 5.82 Å². The molecule has 0 aliphatic carbocycles. The van der Waals surface area contributed by atoms with Crippen molar-refractivity contribution in [2.75, 3.05) is 5.43 Å². The molecule has 0 saturated heterocycles. The van der Waals surface area contributed by atoms with E-state index in [0.717, 1.165) is 21.8 Å². The molecule has 0 radical (unpaired) electrons. The Morgan fingerprint density at radius 1 is 1.31 bits per heavy atom. The first-order valence-corrected chi connectivity index (χ1v) is 4.72. The first kappa shape index (κ1) is 8.93. The van der Waals surface area contributed by atoms with Crippen LogP contribution in [0, 0.1) is 0 Å². The number of nitrogen functional groups attached to an aromatic ring is 1. The van der Waals surface area contributed by atoms with Gasteiger partial charge in [-0.05, 0) is 18.2 Å². The summed E-state index contributed by atoms with van der Waals surface area (Å²) in [5, 5.41) is 18.9. The van der Waals surface area contributed by atoms with Crippen molar-refractivity contribution in [1.29, 1.82) is 0 Å². The first-order chi connectivity index (χ1) is 7.79. The van der Waals surface area contributed by atoms with E-state index in [1.165, 1.54) is 0 Å². The Labute approximate surface area is 90.1 Å². The van der Waals surface area contributed by atoms with E-state index >= 15 is 0 Å². The predicted molar refractivity (Wildman–Crippen MR) is 60.9 cm³/mol. The normalized spacial score (nSPS) is 11.1. The van der Waals surface area contributed by atoms with Crippen molar-refractivity contribution < 1.29 is 5.11 Å². The van der Waals surface area contributed by atoms with Crippen LogP contribution in [0.25, 0.3) is 21.8 Å². The lowest BCUT2D eigenvalue weighted by atomic mass is 10.2. The number of rotatable bonds is 1. The highest BCUT2D eigenvalue weighted by Gasteiger charge is 2.09. The summed E-state index contributed by atoms with van der Waals surface area (Å²) in [5.74, 6) is 6.04. The number of aromatic hydroxyl groups is 1. The Balaban J connectivity index is 2.50. The molecule has 0 unspecified atom stereocenters. The first-order valence-electron chi connectivity index (χ1n) is 4.72. The number of hydrogen-bond acceptors (Lipinski definition) is 5. The SMILES string of the molecule is NNc1nncc2c1[nH]c1ccc(O)cc12. The lowest BCUT2D eigenvalue weighted by Gasteiger charge is -1.97. The molecule has 5 N–H and O–H groups in total. The third kappa shape index (κ3) is 1.10. The molecule has 3 rings (SSSR count). The second-order valence-corrected chi connectivity index (χ2v) is 3.48. The van der Waals surface area contributed by atoms with Crippen LogP contribution in [0.1, 0.15) is 0 Å². The number of hydrogen-bond donors (Lipinski definition) is 4. The summed E-state index contributed by atoms with van der Waals surface area (Å²) in [7, 11) is 0. The second kappa shape index (κ2) is 3.07. The van der Waals surface area contributed by atoms with Crippen LogP contribution in [0.3, 0.4) is 0 Å². The number of nitrogens with two attached hydrogens (primary N) is 1. The van der Waals surface area contributed by atoms with Gasteiger partial charge in [-0.3, -0.25) is 0 Å². The summed E-state index contributed by atoms with van der Waals surface area (Å²) in [6.07, 6.45) is 1.63. The van der Waals surface area contributed by atoms with Crippen LogP contribution < -0.4 is 11.3 Å². The fourth-order valence-electron chi connectivity index (χ4n) is 1.82. The van der Waals surface area contributed by atoms with Gasteiger partial charge in [-0.25, -0.2) is 5.84 Å². The number of fused-ring (bicyclic) bond motifs is 3. The van der Waals surface area contributed by atoms with Gasteiger partial charge >= 0.3 is 0 Å². The van der Waals surface area contributed by atoms with E-state index in [0.29, 0.717) is 5.82 Å². The summed E-state index contributed by atoms with van der Waals surface area (Å²) in [4.78, 5) is 3.17. The van der Waals surface area contributed by atoms with E-state index in [1.54, 1.807) is 24.4 Å². The molecule has 0 aliphatic rings. The number of anilines is 1. The molecule has 0 aliphatic heterocycles. The largest absolute Gasteiger partial charge is 0.508 e. The average molecular weight is 215 g/mol. The Morgan fingerprint density at radius 2 is 2.19 bits per heavy atom. The van der Waals surface area contributed by atoms with Gasteiger partial charge in [0.25, 0.3) is 0 Å². The minimum atomic E-state index is 0.215. The Kier molecular flexibility index (Phi) is 1.72. The number of nitrogens with one attached hydrogen (secondary N) is 2. The third-order valence-electron chi connectivity index (χ3n) is 2.54. The number of aromatic nitrogens is 3. The molecular weight excluding hydrogens is 206 g/mol. The molecule has 0 fully saturated rings. The highest BCUT2D eigenvalue weighted by atomic mass is 16.3. The fourth-order valence-corrected chi connectivity index (χ4v) is 1.82. The maximum Gasteiger partial charge on any atom is 0.187 e. The molecule has 0 spiro atoms. The zero-order chi connectivity index (χ0) is 11.1. The Hall–Kier alpha value is -2.34. The highest BCUT2D eigenvalue weighted by Crippen LogP contribution is 2.29. The van der Waals surface area contributed by atoms with Crippen LogP contribution in [0.4, 0.5) is 5.82 Å². The monoisotopic (exact) mass is 215 g/mol. The van der Waals surface area contributed by atoms with E-state index in [1.807, 2.05) is 0 Å². The number of benzene rings is 1. The molecule has 2 heterocycles. The molecule has 16 heavy (non-hydrogen) atoms. The topological polar surface area (TPSA) is 99.9 Å². The van der Waals surface area contributed by atoms with Crippen molar-refractivity contribution in [3.05, 3.63) is 24.4 Å². The van der Waals surface area contributed by atoms with Gasteiger partial charge in [-0.15, -0.1) is 5.10 Å². The number of aromatic amines is 1. The molecule has 6 nitrogen and oxygen atoms in total. The zero-order valence-corrected chi connectivity index (χ0v) is 8.23. The van der Waals surface area contributed by atoms with E-state index < -0.39 is 0 Å². The summed E-state index contributed by atoms with van der Waals surface area (Å²) < 4.78 is 0. The maximum absolute atomic E-state index is 9.44. The molecular formula is C10H9N5O. The van der Waals surface area contributed by atoms with Gasteiger partial charge in [0, 0.05) is 16.3 Å². The third-order valence-corrected chi connectivity index (χ3v) is 2.54. The quantitative estimate of drug-likeness (QED) is 0.360. The number of phenolic OH excluding ortho intramolecular Hbond substituents is 1. The van der Waals surface area contributed by atoms with Crippen LogP contribution in [0.5, 0.6) is 5.75 Å². The van der Waals surface area contributed by atoms with Crippen LogP contribution in [-0.4, -0.2) is 20.3 Å². The molecule has 0 atom stereocenters. The van der Waals surface area contributed by atoms with Gasteiger partial charge < -0.3 is 15.5 Å². The van der Waals surface area contributed by atoms with Crippen LogP contribution >= 0.6 is 0 Å². The smallest absolute Gasteiger partial charge is 0.187 e. The second-order valence-electron chi connectivity index (χ2n) is 3.48. The average Bonchev–Trinajstić information content (AvgIpc) is 2.67. The van der Waals surface area contributed by atoms with Crippen LogP contribution in [0.2, 0.25) is 0 Å². The van der Waals surface area contributed by atoms with Crippen molar-refractivity contribution in [2.24, 2.45) is 5.84 Å². The van der Waals surface area contributed by atoms with Crippen molar-refractivity contribution in [3.8, 4) is 5.75 Å². The van der Waals surface area contributed by atoms with Crippen LogP contribution in [-0.2, 0) is 0 Å². The lowest BCUT2D eigenvalue weighted by Crippen LogP contribution is -2.09. The lowest BCUT2D eigenvalue weighted by molar-refractivity contribution is 0.476. The summed E-state index contributed by atoms with van der Waals surface area (Å²) >= 11 is 0. The van der Waals surface area contributed by atoms with Crippen molar-refractivity contribution in [2.45, 2.75) is 0 Å². The number of phenols is 1. The minimum Gasteiger partial charge on any atom is -0.508 e. The molecule has 2 aromatic heterocycles. The van der Waals surface area contributed by atoms with Gasteiger partial charge in [0.1, 0.15) is 5.75 Å². The van der Waals surface area contributed by atoms with Gasteiger partial charge in [-0.2, -0.15) is 5.10 Å². The molecule has 3 aromatic rings. The van der Waals surface area contributed by atoms with Crippen molar-refractivity contribution in [3.63, 3.8) is 0 Å². The molecule has 0 amide bonds. The fraction of sp³-hybridized carbons (Fsp3) is 0. The molecule has 80 valence electrons. The highest BCUT2D eigenvalue weighted by molar-refractivity contribution is 6.10. The summed E-state index contributed by atoms with van der Waals surface area (Å²) in [6, 6.07) is 5.09. The van der Waals surface area contributed by atoms with Crippen molar-refractivity contribution >= 4 is 27.6 Å². The Bertz CT molecular complexity index is 675. The Morgan fingerprint density at radius 3 is 3.00 bits per heavy atom.